The molecule has 1 atom stereocenters. The third-order valence-corrected chi connectivity index (χ3v) is 4.70. The second kappa shape index (κ2) is 7.90. The maximum Gasteiger partial charge on any atom is 0.417 e. The van der Waals surface area contributed by atoms with Crippen LogP contribution in [0.2, 0.25) is 5.02 Å². The Labute approximate surface area is 169 Å². The number of aryl methyl sites for hydroxylation is 2. The molecule has 0 bridgehead atoms. The van der Waals surface area contributed by atoms with E-state index in [1.165, 1.54) is 25.6 Å². The summed E-state index contributed by atoms with van der Waals surface area (Å²) in [6.07, 6.45) is -5.69. The number of nitrogens with zero attached hydrogens (tertiary/aromatic N) is 3. The van der Waals surface area contributed by atoms with Crippen molar-refractivity contribution >= 4 is 28.5 Å². The van der Waals surface area contributed by atoms with E-state index >= 15 is 0 Å². The van der Waals surface area contributed by atoms with Crippen LogP contribution >= 0.6 is 11.6 Å². The van der Waals surface area contributed by atoms with Crippen molar-refractivity contribution in [1.82, 2.24) is 20.1 Å². The van der Waals surface area contributed by atoms with Gasteiger partial charge in [-0.15, -0.1) is 0 Å². The first-order chi connectivity index (χ1) is 13.6. The SMILES string of the molecule is Cc1nn(C)c2nc(OC(C)C(=O)NCc3ccccc3Cl)cc(C(F)(F)F)c12. The highest BCUT2D eigenvalue weighted by atomic mass is 35.5. The Balaban J connectivity index is 1.81. The molecule has 1 amide bonds. The number of alkyl halides is 3. The molecule has 6 nitrogen and oxygen atoms in total. The van der Waals surface area contributed by atoms with Crippen molar-refractivity contribution in [3.05, 3.63) is 52.2 Å². The number of hydrogen-bond acceptors (Lipinski definition) is 4. The zero-order valence-electron chi connectivity index (χ0n) is 15.8. The second-order valence-electron chi connectivity index (χ2n) is 6.48. The van der Waals surface area contributed by atoms with Gasteiger partial charge < -0.3 is 10.1 Å². The number of aromatic nitrogens is 3. The zero-order chi connectivity index (χ0) is 21.3. The fraction of sp³-hybridized carbons (Fsp3) is 0.316. The Morgan fingerprint density at radius 3 is 2.69 bits per heavy atom. The zero-order valence-corrected chi connectivity index (χ0v) is 16.6. The monoisotopic (exact) mass is 426 g/mol. The van der Waals surface area contributed by atoms with E-state index in [1.807, 2.05) is 0 Å². The summed E-state index contributed by atoms with van der Waals surface area (Å²) in [5, 5.41) is 7.04. The highest BCUT2D eigenvalue weighted by Gasteiger charge is 2.36. The van der Waals surface area contributed by atoms with Gasteiger partial charge in [0.15, 0.2) is 11.8 Å². The first-order valence-corrected chi connectivity index (χ1v) is 9.05. The minimum Gasteiger partial charge on any atom is -0.464 e. The number of hydrogen-bond donors (Lipinski definition) is 1. The van der Waals surface area contributed by atoms with Crippen LogP contribution in [0.5, 0.6) is 5.88 Å². The van der Waals surface area contributed by atoms with Crippen molar-refractivity contribution in [3.63, 3.8) is 0 Å². The molecule has 3 aromatic rings. The topological polar surface area (TPSA) is 69.0 Å². The van der Waals surface area contributed by atoms with Crippen LogP contribution in [-0.4, -0.2) is 26.8 Å². The highest BCUT2D eigenvalue weighted by Crippen LogP contribution is 2.37. The lowest BCUT2D eigenvalue weighted by atomic mass is 10.1. The van der Waals surface area contributed by atoms with Gasteiger partial charge >= 0.3 is 6.18 Å². The van der Waals surface area contributed by atoms with Crippen LogP contribution in [0.3, 0.4) is 0 Å². The Morgan fingerprint density at radius 2 is 2.03 bits per heavy atom. The van der Waals surface area contributed by atoms with Crippen molar-refractivity contribution < 1.29 is 22.7 Å². The molecule has 0 saturated carbocycles. The van der Waals surface area contributed by atoms with Crippen molar-refractivity contribution in [2.75, 3.05) is 0 Å². The number of halogens is 4. The van der Waals surface area contributed by atoms with E-state index in [4.69, 9.17) is 16.3 Å². The Morgan fingerprint density at radius 1 is 1.34 bits per heavy atom. The molecule has 0 aliphatic carbocycles. The van der Waals surface area contributed by atoms with Gasteiger partial charge in [-0.05, 0) is 25.5 Å². The van der Waals surface area contributed by atoms with E-state index in [2.05, 4.69) is 15.4 Å². The molecule has 2 heterocycles. The molecule has 1 N–H and O–H groups in total. The summed E-state index contributed by atoms with van der Waals surface area (Å²) in [7, 11) is 1.49. The standard InChI is InChI=1S/C19H18ClF3N4O2/c1-10-16-13(19(21,22)23)8-15(25-17(16)27(3)26-10)29-11(2)18(28)24-9-12-6-4-5-7-14(12)20/h4-8,11H,9H2,1-3H3,(H,24,28). The Kier molecular flexibility index (Phi) is 5.70. The fourth-order valence-electron chi connectivity index (χ4n) is 2.91. The van der Waals surface area contributed by atoms with E-state index in [-0.39, 0.29) is 29.2 Å². The highest BCUT2D eigenvalue weighted by molar-refractivity contribution is 6.31. The van der Waals surface area contributed by atoms with E-state index in [0.29, 0.717) is 10.6 Å². The van der Waals surface area contributed by atoms with Crippen LogP contribution in [-0.2, 0) is 24.6 Å². The number of nitrogens with one attached hydrogen (secondary N) is 1. The Bertz CT molecular complexity index is 1070. The van der Waals surface area contributed by atoms with Gasteiger partial charge in [-0.1, -0.05) is 29.8 Å². The number of rotatable bonds is 5. The van der Waals surface area contributed by atoms with Crippen LogP contribution < -0.4 is 10.1 Å². The van der Waals surface area contributed by atoms with Gasteiger partial charge in [0.1, 0.15) is 0 Å². The maximum absolute atomic E-state index is 13.5. The molecule has 0 aliphatic rings. The number of ether oxygens (including phenoxy) is 1. The van der Waals surface area contributed by atoms with E-state index in [1.54, 1.807) is 24.3 Å². The molecule has 0 radical (unpaired) electrons. The molecular formula is C19H18ClF3N4O2. The molecule has 29 heavy (non-hydrogen) atoms. The summed E-state index contributed by atoms with van der Waals surface area (Å²) >= 11 is 6.04. The van der Waals surface area contributed by atoms with Crippen molar-refractivity contribution in [3.8, 4) is 5.88 Å². The van der Waals surface area contributed by atoms with E-state index in [9.17, 15) is 18.0 Å². The summed E-state index contributed by atoms with van der Waals surface area (Å²) < 4.78 is 47.2. The minimum absolute atomic E-state index is 0.0241. The predicted molar refractivity (Wildman–Crippen MR) is 102 cm³/mol. The summed E-state index contributed by atoms with van der Waals surface area (Å²) in [4.78, 5) is 16.4. The first-order valence-electron chi connectivity index (χ1n) is 8.67. The van der Waals surface area contributed by atoms with Crippen LogP contribution in [0.15, 0.2) is 30.3 Å². The molecule has 0 fully saturated rings. The largest absolute Gasteiger partial charge is 0.464 e. The first kappa shape index (κ1) is 20.9. The molecule has 2 aromatic heterocycles. The van der Waals surface area contributed by atoms with E-state index in [0.717, 1.165) is 6.07 Å². The third-order valence-electron chi connectivity index (χ3n) is 4.33. The lowest BCUT2D eigenvalue weighted by Gasteiger charge is -2.16. The number of amides is 1. The lowest BCUT2D eigenvalue weighted by molar-refractivity contribution is -0.136. The number of fused-ring (bicyclic) bond motifs is 1. The van der Waals surface area contributed by atoms with Crippen molar-refractivity contribution in [1.29, 1.82) is 0 Å². The minimum atomic E-state index is -4.62. The predicted octanol–water partition coefficient (Wildman–Crippen LogP) is 4.03. The van der Waals surface area contributed by atoms with Gasteiger partial charge in [0.25, 0.3) is 5.91 Å². The molecule has 3 rings (SSSR count). The number of carbonyl (C=O) groups excluding carboxylic acids is 1. The summed E-state index contributed by atoms with van der Waals surface area (Å²) in [5.74, 6) is -0.824. The number of carbonyl (C=O) groups is 1. The van der Waals surface area contributed by atoms with Gasteiger partial charge in [0, 0.05) is 24.7 Å². The van der Waals surface area contributed by atoms with Crippen molar-refractivity contribution in [2.24, 2.45) is 7.05 Å². The average molecular weight is 427 g/mol. The van der Waals surface area contributed by atoms with Crippen LogP contribution in [0.1, 0.15) is 23.7 Å². The van der Waals surface area contributed by atoms with Gasteiger partial charge in [0.05, 0.1) is 16.6 Å². The van der Waals surface area contributed by atoms with Gasteiger partial charge in [-0.3, -0.25) is 9.48 Å². The summed E-state index contributed by atoms with van der Waals surface area (Å²) in [5.41, 5.74) is 0.0289. The molecule has 1 aromatic carbocycles. The molecule has 10 heteroatoms. The van der Waals surface area contributed by atoms with Crippen LogP contribution in [0.4, 0.5) is 13.2 Å². The fourth-order valence-corrected chi connectivity index (χ4v) is 3.11. The molecule has 154 valence electrons. The average Bonchev–Trinajstić information content (AvgIpc) is 2.93. The van der Waals surface area contributed by atoms with Crippen LogP contribution in [0.25, 0.3) is 11.0 Å². The van der Waals surface area contributed by atoms with E-state index < -0.39 is 23.8 Å². The molecular weight excluding hydrogens is 409 g/mol. The number of benzene rings is 1. The Hall–Kier alpha value is -2.81. The van der Waals surface area contributed by atoms with Gasteiger partial charge in [0.2, 0.25) is 5.88 Å². The lowest BCUT2D eigenvalue weighted by Crippen LogP contribution is -2.36. The molecule has 1 unspecified atom stereocenters. The smallest absolute Gasteiger partial charge is 0.417 e. The molecule has 0 aliphatic heterocycles. The van der Waals surface area contributed by atoms with Gasteiger partial charge in [-0.25, -0.2) is 0 Å². The van der Waals surface area contributed by atoms with Crippen LogP contribution in [0, 0.1) is 6.92 Å². The quantitative estimate of drug-likeness (QED) is 0.668. The normalized spacial score (nSPS) is 12.8. The number of pyridine rings is 1. The summed E-state index contributed by atoms with van der Waals surface area (Å²) in [6, 6.07) is 7.77. The van der Waals surface area contributed by atoms with Gasteiger partial charge in [-0.2, -0.15) is 23.3 Å². The summed E-state index contributed by atoms with van der Waals surface area (Å²) in [6.45, 7) is 3.06. The second-order valence-corrected chi connectivity index (χ2v) is 6.89. The molecule has 0 saturated heterocycles. The maximum atomic E-state index is 13.5. The van der Waals surface area contributed by atoms with Crippen molar-refractivity contribution in [2.45, 2.75) is 32.7 Å². The molecule has 0 spiro atoms. The third kappa shape index (κ3) is 4.45.